The lowest BCUT2D eigenvalue weighted by atomic mass is 10.1. The minimum atomic E-state index is -1.03. The third-order valence-electron chi connectivity index (χ3n) is 4.28. The first-order chi connectivity index (χ1) is 12.0. The highest BCUT2D eigenvalue weighted by atomic mass is 79.9. The van der Waals surface area contributed by atoms with E-state index in [0.29, 0.717) is 23.3 Å². The molecule has 6 heteroatoms. The molecule has 0 aliphatic carbocycles. The number of aromatic carboxylic acids is 1. The van der Waals surface area contributed by atoms with Crippen LogP contribution < -0.4 is 5.56 Å². The van der Waals surface area contributed by atoms with E-state index in [0.717, 1.165) is 22.0 Å². The van der Waals surface area contributed by atoms with E-state index in [-0.39, 0.29) is 11.1 Å². The molecule has 5 nitrogen and oxygen atoms in total. The van der Waals surface area contributed by atoms with Gasteiger partial charge in [-0.25, -0.2) is 9.78 Å². The molecule has 0 spiro atoms. The molecule has 0 unspecified atom stereocenters. The maximum atomic E-state index is 12.7. The van der Waals surface area contributed by atoms with Gasteiger partial charge in [-0.3, -0.25) is 9.36 Å². The molecule has 2 aromatic carbocycles. The number of benzene rings is 2. The Balaban J connectivity index is 1.90. The van der Waals surface area contributed by atoms with Gasteiger partial charge in [0.25, 0.3) is 5.56 Å². The third-order valence-corrected chi connectivity index (χ3v) is 4.78. The second kappa shape index (κ2) is 5.97. The summed E-state index contributed by atoms with van der Waals surface area (Å²) in [6.45, 7) is 0.581. The highest BCUT2D eigenvalue weighted by Gasteiger charge is 2.21. The molecule has 124 valence electrons. The summed E-state index contributed by atoms with van der Waals surface area (Å²) in [5.74, 6) is -0.422. The van der Waals surface area contributed by atoms with E-state index in [4.69, 9.17) is 5.11 Å². The van der Waals surface area contributed by atoms with Crippen molar-refractivity contribution in [1.82, 2.24) is 9.55 Å². The van der Waals surface area contributed by atoms with E-state index in [1.165, 1.54) is 18.2 Å². The predicted molar refractivity (Wildman–Crippen MR) is 99.6 cm³/mol. The fraction of sp³-hybridized carbons (Fsp3) is 0.105. The molecule has 0 saturated carbocycles. The van der Waals surface area contributed by atoms with Crippen molar-refractivity contribution in [3.63, 3.8) is 0 Å². The van der Waals surface area contributed by atoms with Crippen molar-refractivity contribution in [1.29, 1.82) is 0 Å². The smallest absolute Gasteiger partial charge is 0.335 e. The van der Waals surface area contributed by atoms with Crippen LogP contribution in [0.5, 0.6) is 0 Å². The number of hydrogen-bond acceptors (Lipinski definition) is 3. The largest absolute Gasteiger partial charge is 0.478 e. The SMILES string of the molecule is O=C(O)c1ccc2c(=O)n3c(nc2c1)C(=Cc1cccc(Br)c1)CC3. The first-order valence-corrected chi connectivity index (χ1v) is 8.56. The molecule has 0 radical (unpaired) electrons. The predicted octanol–water partition coefficient (Wildman–Crippen LogP) is 3.80. The van der Waals surface area contributed by atoms with Gasteiger partial charge in [-0.15, -0.1) is 0 Å². The van der Waals surface area contributed by atoms with Crippen molar-refractivity contribution < 1.29 is 9.90 Å². The van der Waals surface area contributed by atoms with E-state index >= 15 is 0 Å². The van der Waals surface area contributed by atoms with Gasteiger partial charge in [0.2, 0.25) is 0 Å². The number of carboxylic acids is 1. The second-order valence-corrected chi connectivity index (χ2v) is 6.82. The number of nitrogens with zero attached hydrogens (tertiary/aromatic N) is 2. The lowest BCUT2D eigenvalue weighted by Gasteiger charge is -2.06. The summed E-state index contributed by atoms with van der Waals surface area (Å²) in [6.07, 6.45) is 2.74. The minimum absolute atomic E-state index is 0.125. The van der Waals surface area contributed by atoms with E-state index in [1.807, 2.05) is 30.3 Å². The number of rotatable bonds is 2. The Labute approximate surface area is 151 Å². The van der Waals surface area contributed by atoms with Crippen LogP contribution in [0.1, 0.15) is 28.2 Å². The number of carboxylic acid groups (broad SMARTS) is 1. The van der Waals surface area contributed by atoms with Crippen molar-refractivity contribution in [2.45, 2.75) is 13.0 Å². The maximum absolute atomic E-state index is 12.7. The molecule has 2 heterocycles. The number of carbonyl (C=O) groups is 1. The van der Waals surface area contributed by atoms with Crippen LogP contribution in [0.25, 0.3) is 22.6 Å². The van der Waals surface area contributed by atoms with Gasteiger partial charge in [-0.1, -0.05) is 28.1 Å². The van der Waals surface area contributed by atoms with Crippen LogP contribution in [-0.2, 0) is 6.54 Å². The number of aromatic nitrogens is 2. The zero-order valence-electron chi connectivity index (χ0n) is 13.1. The molecular formula is C19H13BrN2O3. The molecule has 0 atom stereocenters. The van der Waals surface area contributed by atoms with Gasteiger partial charge in [-0.05, 0) is 54.0 Å². The molecule has 25 heavy (non-hydrogen) atoms. The van der Waals surface area contributed by atoms with Crippen molar-refractivity contribution >= 4 is 44.5 Å². The minimum Gasteiger partial charge on any atom is -0.478 e. The van der Waals surface area contributed by atoms with Crippen LogP contribution in [0.15, 0.2) is 51.7 Å². The molecule has 0 bridgehead atoms. The molecule has 0 amide bonds. The molecule has 0 saturated heterocycles. The monoisotopic (exact) mass is 396 g/mol. The van der Waals surface area contributed by atoms with Gasteiger partial charge in [0.05, 0.1) is 16.5 Å². The zero-order chi connectivity index (χ0) is 17.6. The Morgan fingerprint density at radius 1 is 1.24 bits per heavy atom. The fourth-order valence-electron chi connectivity index (χ4n) is 3.08. The van der Waals surface area contributed by atoms with Gasteiger partial charge in [0, 0.05) is 11.0 Å². The van der Waals surface area contributed by atoms with Crippen LogP contribution >= 0.6 is 15.9 Å². The van der Waals surface area contributed by atoms with Crippen LogP contribution in [0.4, 0.5) is 0 Å². The summed E-state index contributed by atoms with van der Waals surface area (Å²) < 4.78 is 2.64. The lowest BCUT2D eigenvalue weighted by Crippen LogP contribution is -2.20. The van der Waals surface area contributed by atoms with Crippen molar-refractivity contribution in [3.8, 4) is 0 Å². The molecule has 1 N–H and O–H groups in total. The quantitative estimate of drug-likeness (QED) is 0.714. The normalized spacial score (nSPS) is 14.8. The summed E-state index contributed by atoms with van der Waals surface area (Å²) in [5.41, 5.74) is 2.40. The summed E-state index contributed by atoms with van der Waals surface area (Å²) in [6, 6.07) is 12.3. The van der Waals surface area contributed by atoms with Gasteiger partial charge < -0.3 is 5.11 Å². The lowest BCUT2D eigenvalue weighted by molar-refractivity contribution is 0.0697. The first kappa shape index (κ1) is 15.8. The standard InChI is InChI=1S/C19H13BrN2O3/c20-14-3-1-2-11(9-14)8-12-6-7-22-17(12)21-16-10-13(19(24)25)4-5-15(16)18(22)23/h1-5,8-10H,6-7H2,(H,24,25). The highest BCUT2D eigenvalue weighted by molar-refractivity contribution is 9.10. The molecular weight excluding hydrogens is 384 g/mol. The summed E-state index contributed by atoms with van der Waals surface area (Å²) in [7, 11) is 0. The molecule has 1 aliphatic heterocycles. The third kappa shape index (κ3) is 2.78. The summed E-state index contributed by atoms with van der Waals surface area (Å²) in [5, 5.41) is 9.59. The summed E-state index contributed by atoms with van der Waals surface area (Å²) >= 11 is 3.45. The Bertz CT molecular complexity index is 1120. The zero-order valence-corrected chi connectivity index (χ0v) is 14.7. The van der Waals surface area contributed by atoms with Crippen molar-refractivity contribution in [2.75, 3.05) is 0 Å². The van der Waals surface area contributed by atoms with Crippen LogP contribution in [0.3, 0.4) is 0 Å². The van der Waals surface area contributed by atoms with Gasteiger partial charge in [0.1, 0.15) is 5.82 Å². The summed E-state index contributed by atoms with van der Waals surface area (Å²) in [4.78, 5) is 28.4. The van der Waals surface area contributed by atoms with Crippen LogP contribution in [0, 0.1) is 0 Å². The van der Waals surface area contributed by atoms with E-state index in [2.05, 4.69) is 20.9 Å². The maximum Gasteiger partial charge on any atom is 0.335 e. The van der Waals surface area contributed by atoms with Crippen molar-refractivity contribution in [3.05, 3.63) is 74.2 Å². The van der Waals surface area contributed by atoms with Crippen molar-refractivity contribution in [2.24, 2.45) is 0 Å². The first-order valence-electron chi connectivity index (χ1n) is 7.77. The Hall–Kier alpha value is -2.73. The van der Waals surface area contributed by atoms with Crippen LogP contribution in [0.2, 0.25) is 0 Å². The molecule has 4 rings (SSSR count). The highest BCUT2D eigenvalue weighted by Crippen LogP contribution is 2.28. The van der Waals surface area contributed by atoms with Gasteiger partial charge >= 0.3 is 5.97 Å². The topological polar surface area (TPSA) is 72.2 Å². The average molecular weight is 397 g/mol. The Morgan fingerprint density at radius 2 is 2.08 bits per heavy atom. The number of allylic oxidation sites excluding steroid dienone is 1. The average Bonchev–Trinajstić information content (AvgIpc) is 2.97. The van der Waals surface area contributed by atoms with E-state index in [1.54, 1.807) is 4.57 Å². The molecule has 1 aliphatic rings. The van der Waals surface area contributed by atoms with Gasteiger partial charge in [0.15, 0.2) is 0 Å². The Morgan fingerprint density at radius 3 is 2.84 bits per heavy atom. The van der Waals surface area contributed by atoms with Crippen LogP contribution in [-0.4, -0.2) is 20.6 Å². The second-order valence-electron chi connectivity index (χ2n) is 5.90. The fourth-order valence-corrected chi connectivity index (χ4v) is 3.50. The molecule has 0 fully saturated rings. The van der Waals surface area contributed by atoms with E-state index in [9.17, 15) is 9.59 Å². The molecule has 1 aromatic heterocycles. The molecule has 3 aromatic rings. The number of halogens is 1. The number of hydrogen-bond donors (Lipinski definition) is 1. The van der Waals surface area contributed by atoms with E-state index < -0.39 is 5.97 Å². The number of fused-ring (bicyclic) bond motifs is 2. The van der Waals surface area contributed by atoms with Gasteiger partial charge in [-0.2, -0.15) is 0 Å². The Kier molecular flexibility index (Phi) is 3.77.